The van der Waals surface area contributed by atoms with Crippen molar-refractivity contribution < 1.29 is 4.79 Å². The number of hydrogen-bond donors (Lipinski definition) is 2. The maximum Gasteiger partial charge on any atom is 0.249 e. The van der Waals surface area contributed by atoms with E-state index in [-0.39, 0.29) is 5.91 Å². The third kappa shape index (κ3) is 3.88. The maximum atomic E-state index is 12.5. The van der Waals surface area contributed by atoms with Crippen LogP contribution in [-0.2, 0) is 11.2 Å². The Morgan fingerprint density at radius 2 is 1.68 bits per heavy atom. The summed E-state index contributed by atoms with van der Waals surface area (Å²) in [5.41, 5.74) is 3.48. The molecule has 0 aliphatic heterocycles. The summed E-state index contributed by atoms with van der Waals surface area (Å²) in [6.07, 6.45) is 0.995. The van der Waals surface area contributed by atoms with E-state index in [1.54, 1.807) is 0 Å². The fourth-order valence-electron chi connectivity index (χ4n) is 2.22. The molecule has 0 unspecified atom stereocenters. The molecular weight excluding hydrogens is 272 g/mol. The summed E-state index contributed by atoms with van der Waals surface area (Å²) >= 11 is 0. The number of amides is 1. The molecule has 1 amide bonds. The van der Waals surface area contributed by atoms with E-state index >= 15 is 0 Å². The van der Waals surface area contributed by atoms with Crippen LogP contribution < -0.4 is 10.6 Å². The Bertz CT molecular complexity index is 645. The van der Waals surface area contributed by atoms with Gasteiger partial charge >= 0.3 is 0 Å². The number of rotatable bonds is 5. The first-order chi connectivity index (χ1) is 10.4. The van der Waals surface area contributed by atoms with Crippen LogP contribution in [0.25, 0.3) is 0 Å². The van der Waals surface area contributed by atoms with Gasteiger partial charge in [0.1, 0.15) is 5.54 Å². The van der Waals surface area contributed by atoms with Gasteiger partial charge in [0.25, 0.3) is 0 Å². The topological polar surface area (TPSA) is 41.1 Å². The summed E-state index contributed by atoms with van der Waals surface area (Å²) < 4.78 is 0. The molecule has 2 rings (SSSR count). The highest BCUT2D eigenvalue weighted by Gasteiger charge is 2.27. The molecule has 0 radical (unpaired) electrons. The van der Waals surface area contributed by atoms with Crippen molar-refractivity contribution in [3.8, 4) is 0 Å². The van der Waals surface area contributed by atoms with E-state index in [0.29, 0.717) is 0 Å². The van der Waals surface area contributed by atoms with Gasteiger partial charge < -0.3 is 10.6 Å². The molecule has 0 aromatic heterocycles. The van der Waals surface area contributed by atoms with Crippen LogP contribution in [0, 0.1) is 6.92 Å². The van der Waals surface area contributed by atoms with Crippen molar-refractivity contribution in [3.63, 3.8) is 0 Å². The van der Waals surface area contributed by atoms with Gasteiger partial charge in [-0.3, -0.25) is 4.79 Å². The fourth-order valence-corrected chi connectivity index (χ4v) is 2.22. The lowest BCUT2D eigenvalue weighted by Crippen LogP contribution is -2.44. The van der Waals surface area contributed by atoms with Crippen LogP contribution in [0.3, 0.4) is 0 Å². The second-order valence-corrected chi connectivity index (χ2v) is 6.07. The first kappa shape index (κ1) is 16.1. The minimum atomic E-state index is -0.699. The van der Waals surface area contributed by atoms with Crippen molar-refractivity contribution in [3.05, 3.63) is 59.7 Å². The summed E-state index contributed by atoms with van der Waals surface area (Å²) in [5, 5.41) is 6.29. The molecule has 3 heteroatoms. The normalized spacial score (nSPS) is 11.1. The minimum Gasteiger partial charge on any atom is -0.371 e. The van der Waals surface area contributed by atoms with E-state index in [0.717, 1.165) is 23.4 Å². The van der Waals surface area contributed by atoms with E-state index in [9.17, 15) is 4.79 Å². The average Bonchev–Trinajstić information content (AvgIpc) is 2.50. The van der Waals surface area contributed by atoms with Gasteiger partial charge in [0.05, 0.1) is 0 Å². The Hall–Kier alpha value is -2.29. The largest absolute Gasteiger partial charge is 0.371 e. The summed E-state index contributed by atoms with van der Waals surface area (Å²) in [6, 6.07) is 15.9. The van der Waals surface area contributed by atoms with Crippen molar-refractivity contribution in [2.24, 2.45) is 0 Å². The highest BCUT2D eigenvalue weighted by Crippen LogP contribution is 2.20. The molecule has 22 heavy (non-hydrogen) atoms. The van der Waals surface area contributed by atoms with Crippen LogP contribution in [0.4, 0.5) is 11.4 Å². The molecule has 0 fully saturated rings. The predicted octanol–water partition coefficient (Wildman–Crippen LogP) is 4.39. The molecule has 2 aromatic rings. The monoisotopic (exact) mass is 296 g/mol. The predicted molar refractivity (Wildman–Crippen MR) is 93.3 cm³/mol. The lowest BCUT2D eigenvalue weighted by atomic mass is 10.0. The van der Waals surface area contributed by atoms with Crippen LogP contribution in [0.5, 0.6) is 0 Å². The second kappa shape index (κ2) is 6.65. The number of anilines is 2. The van der Waals surface area contributed by atoms with Crippen LogP contribution >= 0.6 is 0 Å². The third-order valence-electron chi connectivity index (χ3n) is 3.78. The highest BCUT2D eigenvalue weighted by atomic mass is 16.2. The Morgan fingerprint density at radius 3 is 2.27 bits per heavy atom. The number of benzene rings is 2. The first-order valence-electron chi connectivity index (χ1n) is 7.66. The average molecular weight is 296 g/mol. The summed E-state index contributed by atoms with van der Waals surface area (Å²) in [6.45, 7) is 7.91. The zero-order valence-electron chi connectivity index (χ0n) is 13.7. The van der Waals surface area contributed by atoms with Gasteiger partial charge in [-0.15, -0.1) is 0 Å². The SMILES string of the molecule is CCc1ccc(NC(=O)C(C)(C)Nc2ccccc2C)cc1. The summed E-state index contributed by atoms with van der Waals surface area (Å²) in [4.78, 5) is 12.5. The molecule has 0 aliphatic carbocycles. The van der Waals surface area contributed by atoms with Gasteiger partial charge in [-0.05, 0) is 56.5 Å². The van der Waals surface area contributed by atoms with Gasteiger partial charge in [0, 0.05) is 11.4 Å². The second-order valence-electron chi connectivity index (χ2n) is 6.07. The van der Waals surface area contributed by atoms with Crippen molar-refractivity contribution in [1.82, 2.24) is 0 Å². The van der Waals surface area contributed by atoms with Crippen molar-refractivity contribution in [1.29, 1.82) is 0 Å². The Labute approximate surface area is 132 Å². The van der Waals surface area contributed by atoms with Crippen LogP contribution in [0.1, 0.15) is 31.9 Å². The standard InChI is InChI=1S/C19H24N2O/c1-5-15-10-12-16(13-11-15)20-18(22)19(3,4)21-17-9-7-6-8-14(17)2/h6-13,21H,5H2,1-4H3,(H,20,22). The van der Waals surface area contributed by atoms with E-state index in [4.69, 9.17) is 0 Å². The van der Waals surface area contributed by atoms with E-state index in [1.807, 2.05) is 69.3 Å². The van der Waals surface area contributed by atoms with E-state index in [1.165, 1.54) is 5.56 Å². The molecule has 2 aromatic carbocycles. The quantitative estimate of drug-likeness (QED) is 0.859. The van der Waals surface area contributed by atoms with Crippen LogP contribution in [0.2, 0.25) is 0 Å². The first-order valence-corrected chi connectivity index (χ1v) is 7.66. The Balaban J connectivity index is 2.08. The number of nitrogens with one attached hydrogen (secondary N) is 2. The molecule has 2 N–H and O–H groups in total. The lowest BCUT2D eigenvalue weighted by molar-refractivity contribution is -0.119. The fraction of sp³-hybridized carbons (Fsp3) is 0.316. The number of carbonyl (C=O) groups is 1. The zero-order valence-corrected chi connectivity index (χ0v) is 13.7. The van der Waals surface area contributed by atoms with Gasteiger partial charge in [-0.2, -0.15) is 0 Å². The molecule has 0 saturated carbocycles. The van der Waals surface area contributed by atoms with Gasteiger partial charge in [-0.1, -0.05) is 37.3 Å². The molecule has 0 aliphatic rings. The molecule has 116 valence electrons. The van der Waals surface area contributed by atoms with E-state index < -0.39 is 5.54 Å². The molecule has 0 atom stereocenters. The highest BCUT2D eigenvalue weighted by molar-refractivity contribution is 5.99. The lowest BCUT2D eigenvalue weighted by Gasteiger charge is -2.27. The van der Waals surface area contributed by atoms with Gasteiger partial charge in [0.2, 0.25) is 5.91 Å². The number of aryl methyl sites for hydroxylation is 2. The number of hydrogen-bond acceptors (Lipinski definition) is 2. The van der Waals surface area contributed by atoms with Gasteiger partial charge in [-0.25, -0.2) is 0 Å². The smallest absolute Gasteiger partial charge is 0.249 e. The zero-order chi connectivity index (χ0) is 16.2. The molecule has 0 saturated heterocycles. The molecule has 0 bridgehead atoms. The van der Waals surface area contributed by atoms with Gasteiger partial charge in [0.15, 0.2) is 0 Å². The molecular formula is C19H24N2O. The van der Waals surface area contributed by atoms with Crippen molar-refractivity contribution in [2.75, 3.05) is 10.6 Å². The minimum absolute atomic E-state index is 0.0556. The molecule has 3 nitrogen and oxygen atoms in total. The van der Waals surface area contributed by atoms with Crippen molar-refractivity contribution in [2.45, 2.75) is 39.7 Å². The third-order valence-corrected chi connectivity index (χ3v) is 3.78. The Morgan fingerprint density at radius 1 is 1.05 bits per heavy atom. The van der Waals surface area contributed by atoms with Crippen molar-refractivity contribution >= 4 is 17.3 Å². The Kier molecular flexibility index (Phi) is 4.86. The van der Waals surface area contributed by atoms with Crippen LogP contribution in [0.15, 0.2) is 48.5 Å². The van der Waals surface area contributed by atoms with Crippen LogP contribution in [-0.4, -0.2) is 11.4 Å². The maximum absolute atomic E-state index is 12.5. The van der Waals surface area contributed by atoms with E-state index in [2.05, 4.69) is 17.6 Å². The number of para-hydroxylation sites is 1. The number of carbonyl (C=O) groups excluding carboxylic acids is 1. The summed E-state index contributed by atoms with van der Waals surface area (Å²) in [7, 11) is 0. The molecule has 0 spiro atoms. The summed E-state index contributed by atoms with van der Waals surface area (Å²) in [5.74, 6) is -0.0556. The molecule has 0 heterocycles.